The molecule has 1 aliphatic heterocycles. The van der Waals surface area contributed by atoms with Gasteiger partial charge in [-0.3, -0.25) is 9.98 Å². The van der Waals surface area contributed by atoms with Gasteiger partial charge in [0.1, 0.15) is 11.9 Å². The molecule has 0 radical (unpaired) electrons. The third-order valence-corrected chi connectivity index (χ3v) is 4.62. The van der Waals surface area contributed by atoms with Crippen molar-refractivity contribution in [2.75, 3.05) is 20.3 Å². The fourth-order valence-electron chi connectivity index (χ4n) is 2.97. The molecular weight excluding hydrogens is 467 g/mol. The van der Waals surface area contributed by atoms with Crippen LogP contribution in [0.5, 0.6) is 5.75 Å². The molecule has 1 aromatic carbocycles. The van der Waals surface area contributed by atoms with Crippen molar-refractivity contribution in [2.45, 2.75) is 39.5 Å². The highest BCUT2D eigenvalue weighted by atomic mass is 127. The van der Waals surface area contributed by atoms with Gasteiger partial charge in [0.25, 0.3) is 0 Å². The zero-order valence-electron chi connectivity index (χ0n) is 16.7. The third kappa shape index (κ3) is 6.34. The number of aryl methyl sites for hydroxylation is 2. The highest BCUT2D eigenvalue weighted by Gasteiger charge is 2.18. The summed E-state index contributed by atoms with van der Waals surface area (Å²) < 4.78 is 11.6. The Hall–Kier alpha value is -1.87. The maximum Gasteiger partial charge on any atom is 0.191 e. The van der Waals surface area contributed by atoms with Gasteiger partial charge < -0.3 is 20.1 Å². The molecule has 2 aromatic rings. The molecule has 1 aromatic heterocycles. The number of halogens is 1. The summed E-state index contributed by atoms with van der Waals surface area (Å²) in [5, 5.41) is 6.68. The molecule has 7 heteroatoms. The maximum atomic E-state index is 6.16. The third-order valence-electron chi connectivity index (χ3n) is 4.62. The zero-order valence-corrected chi connectivity index (χ0v) is 19.0. The van der Waals surface area contributed by atoms with Gasteiger partial charge in [0, 0.05) is 31.8 Å². The van der Waals surface area contributed by atoms with Gasteiger partial charge in [0.05, 0.1) is 25.5 Å². The quantitative estimate of drug-likeness (QED) is 0.365. The summed E-state index contributed by atoms with van der Waals surface area (Å²) in [6.45, 7) is 6.82. The minimum atomic E-state index is 0. The number of aromatic nitrogens is 1. The molecule has 1 aliphatic rings. The van der Waals surface area contributed by atoms with Crippen LogP contribution in [0.2, 0.25) is 0 Å². The van der Waals surface area contributed by atoms with Crippen molar-refractivity contribution >= 4 is 29.9 Å². The number of guanidine groups is 1. The normalized spacial score (nSPS) is 16.4. The lowest BCUT2D eigenvalue weighted by molar-refractivity contribution is 0.140. The largest absolute Gasteiger partial charge is 0.488 e. The molecule has 152 valence electrons. The lowest BCUT2D eigenvalue weighted by Gasteiger charge is -2.18. The second kappa shape index (κ2) is 11.2. The Kier molecular flexibility index (Phi) is 8.98. The number of benzene rings is 1. The number of nitrogens with zero attached hydrogens (tertiary/aromatic N) is 2. The van der Waals surface area contributed by atoms with Gasteiger partial charge in [-0.1, -0.05) is 18.2 Å². The molecule has 0 spiro atoms. The Morgan fingerprint density at radius 3 is 2.79 bits per heavy atom. The number of nitrogens with one attached hydrogen (secondary N) is 2. The average molecular weight is 496 g/mol. The summed E-state index contributed by atoms with van der Waals surface area (Å²) in [6, 6.07) is 10.3. The van der Waals surface area contributed by atoms with E-state index < -0.39 is 0 Å². The van der Waals surface area contributed by atoms with Crippen molar-refractivity contribution in [3.8, 4) is 5.75 Å². The lowest BCUT2D eigenvalue weighted by Crippen LogP contribution is -2.36. The van der Waals surface area contributed by atoms with Gasteiger partial charge in [-0.2, -0.15) is 0 Å². The van der Waals surface area contributed by atoms with E-state index in [1.54, 1.807) is 7.05 Å². The molecule has 1 atom stereocenters. The van der Waals surface area contributed by atoms with Gasteiger partial charge in [0.15, 0.2) is 5.96 Å². The highest BCUT2D eigenvalue weighted by Crippen LogP contribution is 2.23. The fraction of sp³-hybridized carbons (Fsp3) is 0.429. The smallest absolute Gasteiger partial charge is 0.191 e. The Morgan fingerprint density at radius 1 is 1.25 bits per heavy atom. The highest BCUT2D eigenvalue weighted by molar-refractivity contribution is 14.0. The maximum absolute atomic E-state index is 6.16. The molecule has 3 rings (SSSR count). The number of pyridine rings is 1. The van der Waals surface area contributed by atoms with E-state index in [9.17, 15) is 0 Å². The average Bonchev–Trinajstić information content (AvgIpc) is 3.17. The van der Waals surface area contributed by atoms with Crippen molar-refractivity contribution in [3.05, 3.63) is 58.9 Å². The molecule has 1 saturated heterocycles. The van der Waals surface area contributed by atoms with Gasteiger partial charge >= 0.3 is 0 Å². The minimum Gasteiger partial charge on any atom is -0.488 e. The molecule has 0 aliphatic carbocycles. The minimum absolute atomic E-state index is 0. The van der Waals surface area contributed by atoms with Crippen LogP contribution in [0.15, 0.2) is 41.5 Å². The number of hydrogen-bond acceptors (Lipinski definition) is 4. The first-order valence-corrected chi connectivity index (χ1v) is 9.34. The van der Waals surface area contributed by atoms with Gasteiger partial charge in [-0.05, 0) is 37.1 Å². The molecule has 2 N–H and O–H groups in total. The van der Waals surface area contributed by atoms with Crippen LogP contribution < -0.4 is 15.4 Å². The molecule has 1 unspecified atom stereocenters. The molecule has 6 nitrogen and oxygen atoms in total. The summed E-state index contributed by atoms with van der Waals surface area (Å²) in [5.74, 6) is 1.64. The van der Waals surface area contributed by atoms with Gasteiger partial charge in [-0.15, -0.1) is 24.0 Å². The van der Waals surface area contributed by atoms with Gasteiger partial charge in [0.2, 0.25) is 0 Å². The molecular formula is C21H29IN4O2. The summed E-state index contributed by atoms with van der Waals surface area (Å²) in [6.07, 6.45) is 2.88. The first-order chi connectivity index (χ1) is 13.2. The van der Waals surface area contributed by atoms with E-state index in [-0.39, 0.29) is 30.1 Å². The number of ether oxygens (including phenoxy) is 2. The van der Waals surface area contributed by atoms with Gasteiger partial charge in [-0.25, -0.2) is 0 Å². The summed E-state index contributed by atoms with van der Waals surface area (Å²) in [7, 11) is 1.77. The number of rotatable bonds is 6. The molecule has 1 fully saturated rings. The number of hydrogen-bond donors (Lipinski definition) is 2. The van der Waals surface area contributed by atoms with Crippen molar-refractivity contribution in [2.24, 2.45) is 4.99 Å². The van der Waals surface area contributed by atoms with Crippen molar-refractivity contribution in [3.63, 3.8) is 0 Å². The Balaban J connectivity index is 0.00000280. The van der Waals surface area contributed by atoms with E-state index >= 15 is 0 Å². The SMILES string of the molecule is CN=C(NCc1ccc(C)cc1OC1CCOC1)NCc1ncccc1C.I. The fourth-order valence-corrected chi connectivity index (χ4v) is 2.97. The zero-order chi connectivity index (χ0) is 19.1. The van der Waals surface area contributed by atoms with E-state index in [1.165, 1.54) is 5.56 Å². The Labute approximate surface area is 184 Å². The van der Waals surface area contributed by atoms with Crippen LogP contribution in [-0.2, 0) is 17.8 Å². The van der Waals surface area contributed by atoms with Crippen molar-refractivity contribution in [1.82, 2.24) is 15.6 Å². The van der Waals surface area contributed by atoms with Crippen LogP contribution in [-0.4, -0.2) is 37.3 Å². The van der Waals surface area contributed by atoms with Crippen LogP contribution in [0.3, 0.4) is 0 Å². The van der Waals surface area contributed by atoms with Crippen LogP contribution in [0, 0.1) is 13.8 Å². The molecule has 0 amide bonds. The molecule has 28 heavy (non-hydrogen) atoms. The molecule has 0 saturated carbocycles. The monoisotopic (exact) mass is 496 g/mol. The summed E-state index contributed by atoms with van der Waals surface area (Å²) in [4.78, 5) is 8.71. The van der Waals surface area contributed by atoms with E-state index in [2.05, 4.69) is 58.7 Å². The molecule has 2 heterocycles. The first kappa shape index (κ1) is 22.4. The van der Waals surface area contributed by atoms with Crippen LogP contribution >= 0.6 is 24.0 Å². The van der Waals surface area contributed by atoms with Crippen LogP contribution in [0.1, 0.15) is 28.8 Å². The molecule has 0 bridgehead atoms. The van der Waals surface area contributed by atoms with Crippen molar-refractivity contribution in [1.29, 1.82) is 0 Å². The van der Waals surface area contributed by atoms with Crippen LogP contribution in [0.4, 0.5) is 0 Å². The Bertz CT molecular complexity index is 792. The summed E-state index contributed by atoms with van der Waals surface area (Å²) in [5.41, 5.74) is 4.46. The lowest BCUT2D eigenvalue weighted by atomic mass is 10.1. The topological polar surface area (TPSA) is 67.8 Å². The van der Waals surface area contributed by atoms with E-state index in [4.69, 9.17) is 9.47 Å². The standard InChI is InChI=1S/C21H28N4O2.HI/c1-15-6-7-17(20(11-15)27-18-8-10-26-14-18)12-24-21(22-3)25-13-19-16(2)5-4-9-23-19;/h4-7,9,11,18H,8,10,12-14H2,1-3H3,(H2,22,24,25);1H. The van der Waals surface area contributed by atoms with E-state index in [0.29, 0.717) is 19.7 Å². The number of aliphatic imine (C=N–C) groups is 1. The summed E-state index contributed by atoms with van der Waals surface area (Å²) >= 11 is 0. The van der Waals surface area contributed by atoms with Crippen molar-refractivity contribution < 1.29 is 9.47 Å². The Morgan fingerprint density at radius 2 is 2.07 bits per heavy atom. The van der Waals surface area contributed by atoms with Crippen LogP contribution in [0.25, 0.3) is 0 Å². The second-order valence-electron chi connectivity index (χ2n) is 6.76. The van der Waals surface area contributed by atoms with E-state index in [0.717, 1.165) is 41.6 Å². The second-order valence-corrected chi connectivity index (χ2v) is 6.76. The van der Waals surface area contributed by atoms with E-state index in [1.807, 2.05) is 12.3 Å². The predicted molar refractivity (Wildman–Crippen MR) is 122 cm³/mol. The first-order valence-electron chi connectivity index (χ1n) is 9.34. The predicted octanol–water partition coefficient (Wildman–Crippen LogP) is 3.35.